The van der Waals surface area contributed by atoms with Gasteiger partial charge in [-0.05, 0) is 18.2 Å². The summed E-state index contributed by atoms with van der Waals surface area (Å²) in [5, 5.41) is 0. The van der Waals surface area contributed by atoms with Crippen LogP contribution in [0.5, 0.6) is 0 Å². The lowest BCUT2D eigenvalue weighted by Crippen LogP contribution is -2.27. The van der Waals surface area contributed by atoms with E-state index >= 15 is 0 Å². The van der Waals surface area contributed by atoms with Gasteiger partial charge in [-0.1, -0.05) is 24.3 Å². The number of halogens is 1. The number of ketones is 2. The molecule has 4 nitrogen and oxygen atoms in total. The molecule has 116 valence electrons. The van der Waals surface area contributed by atoms with Crippen LogP contribution in [0.4, 0.5) is 5.69 Å². The maximum absolute atomic E-state index is 12.6. The third-order valence-electron chi connectivity index (χ3n) is 3.98. The van der Waals surface area contributed by atoms with Crippen molar-refractivity contribution in [3.63, 3.8) is 0 Å². The molecule has 0 atom stereocenters. The lowest BCUT2D eigenvalue weighted by Gasteiger charge is -2.21. The van der Waals surface area contributed by atoms with Gasteiger partial charge in [0, 0.05) is 47.3 Å². The van der Waals surface area contributed by atoms with E-state index in [0.29, 0.717) is 27.9 Å². The summed E-state index contributed by atoms with van der Waals surface area (Å²) >= 11 is 5.60. The van der Waals surface area contributed by atoms with Crippen molar-refractivity contribution in [3.8, 4) is 0 Å². The molecule has 0 unspecified atom stereocenters. The summed E-state index contributed by atoms with van der Waals surface area (Å²) in [6.07, 6.45) is 0.213. The average Bonchev–Trinajstić information content (AvgIpc) is 2.58. The molecule has 1 aliphatic carbocycles. The Bertz CT molecular complexity index is 829. The van der Waals surface area contributed by atoms with Gasteiger partial charge >= 0.3 is 0 Å². The molecular weight excluding hydrogens is 314 g/mol. The summed E-state index contributed by atoms with van der Waals surface area (Å²) in [5.41, 5.74) is 2.09. The Morgan fingerprint density at radius 2 is 1.52 bits per heavy atom. The van der Waals surface area contributed by atoms with E-state index in [2.05, 4.69) is 0 Å². The van der Waals surface area contributed by atoms with E-state index in [1.54, 1.807) is 49.5 Å². The van der Waals surface area contributed by atoms with E-state index in [0.717, 1.165) is 0 Å². The Kier molecular flexibility index (Phi) is 4.01. The number of fused-ring (bicyclic) bond motifs is 2. The Morgan fingerprint density at radius 3 is 2.13 bits per heavy atom. The Labute approximate surface area is 138 Å². The molecule has 1 aliphatic rings. The number of amides is 1. The van der Waals surface area contributed by atoms with Gasteiger partial charge in [-0.3, -0.25) is 14.4 Å². The molecule has 1 amide bonds. The van der Waals surface area contributed by atoms with Crippen LogP contribution in [-0.2, 0) is 4.79 Å². The van der Waals surface area contributed by atoms with Crippen molar-refractivity contribution in [1.29, 1.82) is 0 Å². The molecule has 0 saturated carbocycles. The third kappa shape index (κ3) is 2.55. The minimum absolute atomic E-state index is 0.144. The predicted molar refractivity (Wildman–Crippen MR) is 88.5 cm³/mol. The van der Waals surface area contributed by atoms with Gasteiger partial charge in [-0.2, -0.15) is 0 Å². The summed E-state index contributed by atoms with van der Waals surface area (Å²) in [7, 11) is 1.62. The van der Waals surface area contributed by atoms with Crippen LogP contribution in [0.3, 0.4) is 0 Å². The Balaban J connectivity index is 2.05. The molecule has 0 spiro atoms. The molecule has 0 saturated heterocycles. The highest BCUT2D eigenvalue weighted by molar-refractivity contribution is 6.28. The molecule has 5 heteroatoms. The fraction of sp³-hybridized carbons (Fsp3) is 0.167. The van der Waals surface area contributed by atoms with E-state index in [4.69, 9.17) is 11.6 Å². The number of benzene rings is 2. The minimum atomic E-state index is -0.199. The van der Waals surface area contributed by atoms with Gasteiger partial charge in [0.1, 0.15) is 0 Å². The number of carbonyl (C=O) groups is 3. The van der Waals surface area contributed by atoms with Gasteiger partial charge in [0.05, 0.1) is 0 Å². The first-order valence-corrected chi connectivity index (χ1v) is 7.73. The first-order valence-electron chi connectivity index (χ1n) is 7.19. The lowest BCUT2D eigenvalue weighted by molar-refractivity contribution is -0.117. The van der Waals surface area contributed by atoms with Crippen LogP contribution in [0.2, 0.25) is 0 Å². The van der Waals surface area contributed by atoms with Crippen LogP contribution in [0.1, 0.15) is 38.3 Å². The highest BCUT2D eigenvalue weighted by atomic mass is 35.5. The molecule has 0 heterocycles. The van der Waals surface area contributed by atoms with Crippen LogP contribution in [-0.4, -0.2) is 30.4 Å². The van der Waals surface area contributed by atoms with Crippen molar-refractivity contribution in [3.05, 3.63) is 64.7 Å². The number of hydrogen-bond acceptors (Lipinski definition) is 3. The predicted octanol–water partition coefficient (Wildman–Crippen LogP) is 3.05. The molecule has 0 fully saturated rings. The second-order valence-corrected chi connectivity index (χ2v) is 5.70. The van der Waals surface area contributed by atoms with Gasteiger partial charge in [0.25, 0.3) is 0 Å². The van der Waals surface area contributed by atoms with Gasteiger partial charge in [-0.15, -0.1) is 11.6 Å². The summed E-state index contributed by atoms with van der Waals surface area (Å²) < 4.78 is 0. The monoisotopic (exact) mass is 327 g/mol. The van der Waals surface area contributed by atoms with E-state index < -0.39 is 0 Å². The standard InChI is InChI=1S/C18H14ClNO3/c1-20(16(21)8-9-19)11-6-7-14-15(10-11)18(23)13-5-3-2-4-12(13)17(14)22/h2-7,10H,8-9H2,1H3. The number of hydrogen-bond donors (Lipinski definition) is 0. The maximum Gasteiger partial charge on any atom is 0.227 e. The number of anilines is 1. The molecule has 0 aliphatic heterocycles. The van der Waals surface area contributed by atoms with E-state index in [1.807, 2.05) is 0 Å². The van der Waals surface area contributed by atoms with Crippen LogP contribution >= 0.6 is 11.6 Å². The summed E-state index contributed by atoms with van der Waals surface area (Å²) in [5.74, 6) is -0.277. The normalized spacial score (nSPS) is 12.6. The zero-order valence-electron chi connectivity index (χ0n) is 12.5. The molecule has 23 heavy (non-hydrogen) atoms. The number of carbonyl (C=O) groups excluding carboxylic acids is 3. The van der Waals surface area contributed by atoms with E-state index in [1.165, 1.54) is 4.90 Å². The van der Waals surface area contributed by atoms with Gasteiger partial charge in [-0.25, -0.2) is 0 Å². The van der Waals surface area contributed by atoms with Gasteiger partial charge in [0.2, 0.25) is 5.91 Å². The molecule has 0 N–H and O–H groups in total. The van der Waals surface area contributed by atoms with Crippen LogP contribution in [0.25, 0.3) is 0 Å². The molecule has 0 radical (unpaired) electrons. The second-order valence-electron chi connectivity index (χ2n) is 5.33. The van der Waals surface area contributed by atoms with E-state index in [-0.39, 0.29) is 29.8 Å². The molecule has 3 rings (SSSR count). The van der Waals surface area contributed by atoms with Gasteiger partial charge < -0.3 is 4.90 Å². The van der Waals surface area contributed by atoms with Crippen molar-refractivity contribution in [2.45, 2.75) is 6.42 Å². The fourth-order valence-electron chi connectivity index (χ4n) is 2.69. The quantitative estimate of drug-likeness (QED) is 0.695. The number of rotatable bonds is 3. The minimum Gasteiger partial charge on any atom is -0.315 e. The largest absolute Gasteiger partial charge is 0.315 e. The smallest absolute Gasteiger partial charge is 0.227 e. The zero-order valence-corrected chi connectivity index (χ0v) is 13.3. The fourth-order valence-corrected chi connectivity index (χ4v) is 2.85. The highest BCUT2D eigenvalue weighted by Gasteiger charge is 2.29. The number of nitrogens with zero attached hydrogens (tertiary/aromatic N) is 1. The molecule has 2 aromatic carbocycles. The SMILES string of the molecule is CN(C(=O)CCCl)c1ccc2c(c1)C(=O)c1ccccc1C2=O. The van der Waals surface area contributed by atoms with Crippen molar-refractivity contribution in [1.82, 2.24) is 0 Å². The van der Waals surface area contributed by atoms with Crippen molar-refractivity contribution < 1.29 is 14.4 Å². The van der Waals surface area contributed by atoms with Crippen LogP contribution in [0.15, 0.2) is 42.5 Å². The first kappa shape index (κ1) is 15.4. The van der Waals surface area contributed by atoms with Gasteiger partial charge in [0.15, 0.2) is 11.6 Å². The van der Waals surface area contributed by atoms with Crippen molar-refractivity contribution >= 4 is 34.8 Å². The zero-order chi connectivity index (χ0) is 16.6. The third-order valence-corrected chi connectivity index (χ3v) is 4.17. The summed E-state index contributed by atoms with van der Waals surface area (Å²) in [6.45, 7) is 0. The van der Waals surface area contributed by atoms with Crippen LogP contribution in [0, 0.1) is 0 Å². The summed E-state index contributed by atoms with van der Waals surface area (Å²) in [6, 6.07) is 11.6. The van der Waals surface area contributed by atoms with Crippen LogP contribution < -0.4 is 4.90 Å². The van der Waals surface area contributed by atoms with Crippen molar-refractivity contribution in [2.24, 2.45) is 0 Å². The summed E-state index contributed by atoms with van der Waals surface area (Å²) in [4.78, 5) is 38.6. The maximum atomic E-state index is 12.6. The highest BCUT2D eigenvalue weighted by Crippen LogP contribution is 2.30. The molecular formula is C18H14ClNO3. The molecule has 0 aromatic heterocycles. The number of alkyl halides is 1. The second kappa shape index (κ2) is 5.97. The Hall–Kier alpha value is -2.46. The van der Waals surface area contributed by atoms with E-state index in [9.17, 15) is 14.4 Å². The van der Waals surface area contributed by atoms with Crippen molar-refractivity contribution in [2.75, 3.05) is 17.8 Å². The lowest BCUT2D eigenvalue weighted by atomic mass is 9.84. The molecule has 2 aromatic rings. The molecule has 0 bridgehead atoms. The first-order chi connectivity index (χ1) is 11.0. The average molecular weight is 328 g/mol. The topological polar surface area (TPSA) is 54.5 Å². The Morgan fingerprint density at radius 1 is 0.957 bits per heavy atom.